The van der Waals surface area contributed by atoms with Gasteiger partial charge in [0.25, 0.3) is 0 Å². The summed E-state index contributed by atoms with van der Waals surface area (Å²) in [5.41, 5.74) is 2.83. The average molecular weight is 432 g/mol. The molecule has 2 nitrogen and oxygen atoms in total. The van der Waals surface area contributed by atoms with Gasteiger partial charge in [-0.2, -0.15) is 0 Å². The standard InChI is InChI=1S/C27H26FNOS/c1-27(2,3)31(30)29-26(24-16-10-11-17-25(24)28)23(20-22-14-8-5-9-15-22)19-18-21-12-6-4-7-13-21/h4-17,20,26,29H,1-3H3/b23-20+/t26-,31?/m1/s1. The first-order chi connectivity index (χ1) is 14.8. The number of rotatable bonds is 5. The first kappa shape index (κ1) is 22.7. The van der Waals surface area contributed by atoms with Gasteiger partial charge >= 0.3 is 0 Å². The van der Waals surface area contributed by atoms with E-state index < -0.39 is 21.8 Å². The topological polar surface area (TPSA) is 29.1 Å². The molecular formula is C27H26FNOS. The normalized spacial score (nSPS) is 13.7. The zero-order valence-electron chi connectivity index (χ0n) is 17.9. The van der Waals surface area contributed by atoms with Crippen molar-refractivity contribution in [2.75, 3.05) is 0 Å². The van der Waals surface area contributed by atoms with Crippen molar-refractivity contribution in [1.29, 1.82) is 0 Å². The molecule has 0 spiro atoms. The molecule has 0 aliphatic heterocycles. The predicted molar refractivity (Wildman–Crippen MR) is 128 cm³/mol. The molecule has 0 bridgehead atoms. The highest BCUT2D eigenvalue weighted by atomic mass is 32.2. The second-order valence-corrected chi connectivity index (χ2v) is 10.1. The fourth-order valence-electron chi connectivity index (χ4n) is 2.87. The molecule has 158 valence electrons. The molecule has 0 heterocycles. The minimum absolute atomic E-state index is 0.369. The highest BCUT2D eigenvalue weighted by Gasteiger charge is 2.27. The maximum atomic E-state index is 14.8. The molecule has 4 heteroatoms. The number of benzene rings is 3. The van der Waals surface area contributed by atoms with Crippen LogP contribution in [0.5, 0.6) is 0 Å². The first-order valence-electron chi connectivity index (χ1n) is 10.1. The van der Waals surface area contributed by atoms with Crippen molar-refractivity contribution >= 4 is 17.1 Å². The van der Waals surface area contributed by atoms with Crippen LogP contribution in [0.25, 0.3) is 6.08 Å². The molecule has 0 aromatic heterocycles. The molecule has 0 radical (unpaired) electrons. The Morgan fingerprint density at radius 1 is 0.935 bits per heavy atom. The fourth-order valence-corrected chi connectivity index (χ4v) is 3.70. The molecule has 0 fully saturated rings. The van der Waals surface area contributed by atoms with E-state index in [9.17, 15) is 8.60 Å². The summed E-state index contributed by atoms with van der Waals surface area (Å²) in [7, 11) is -1.43. The predicted octanol–water partition coefficient (Wildman–Crippen LogP) is 6.05. The van der Waals surface area contributed by atoms with E-state index in [4.69, 9.17) is 0 Å². The Morgan fingerprint density at radius 2 is 1.52 bits per heavy atom. The van der Waals surface area contributed by atoms with E-state index in [2.05, 4.69) is 16.6 Å². The molecule has 2 atom stereocenters. The molecule has 31 heavy (non-hydrogen) atoms. The fraction of sp³-hybridized carbons (Fsp3) is 0.185. The van der Waals surface area contributed by atoms with E-state index in [0.29, 0.717) is 11.1 Å². The van der Waals surface area contributed by atoms with Gasteiger partial charge in [0.15, 0.2) is 0 Å². The monoisotopic (exact) mass is 431 g/mol. The van der Waals surface area contributed by atoms with Gasteiger partial charge in [-0.15, -0.1) is 0 Å². The van der Waals surface area contributed by atoms with Crippen molar-refractivity contribution in [2.45, 2.75) is 31.6 Å². The van der Waals surface area contributed by atoms with Crippen molar-refractivity contribution in [2.24, 2.45) is 0 Å². The summed E-state index contributed by atoms with van der Waals surface area (Å²) in [5.74, 6) is 6.01. The van der Waals surface area contributed by atoms with Crippen LogP contribution in [0.15, 0.2) is 90.5 Å². The van der Waals surface area contributed by atoms with E-state index in [0.717, 1.165) is 11.1 Å². The van der Waals surface area contributed by atoms with Crippen molar-refractivity contribution < 1.29 is 8.60 Å². The molecule has 3 rings (SSSR count). The highest BCUT2D eigenvalue weighted by Crippen LogP contribution is 2.28. The van der Waals surface area contributed by atoms with Gasteiger partial charge in [-0.25, -0.2) is 13.3 Å². The van der Waals surface area contributed by atoms with Crippen LogP contribution in [0.4, 0.5) is 4.39 Å². The molecule has 1 unspecified atom stereocenters. The quantitative estimate of drug-likeness (QED) is 0.489. The summed E-state index contributed by atoms with van der Waals surface area (Å²) in [4.78, 5) is 0. The zero-order valence-corrected chi connectivity index (χ0v) is 18.7. The van der Waals surface area contributed by atoms with Gasteiger partial charge in [0.05, 0.1) is 21.8 Å². The Bertz CT molecular complexity index is 1120. The maximum Gasteiger partial charge on any atom is 0.128 e. The number of hydrogen-bond donors (Lipinski definition) is 1. The van der Waals surface area contributed by atoms with E-state index in [1.54, 1.807) is 18.2 Å². The number of hydrogen-bond acceptors (Lipinski definition) is 1. The molecule has 0 aliphatic carbocycles. The lowest BCUT2D eigenvalue weighted by molar-refractivity contribution is 0.583. The summed E-state index contributed by atoms with van der Waals surface area (Å²) in [6.07, 6.45) is 1.92. The Kier molecular flexibility index (Phi) is 7.57. The van der Waals surface area contributed by atoms with Gasteiger partial charge in [0.1, 0.15) is 5.82 Å². The van der Waals surface area contributed by atoms with Crippen LogP contribution in [0, 0.1) is 17.7 Å². The van der Waals surface area contributed by atoms with Gasteiger partial charge in [0.2, 0.25) is 0 Å². The maximum absolute atomic E-state index is 14.8. The second-order valence-electron chi connectivity index (χ2n) is 8.08. The smallest absolute Gasteiger partial charge is 0.128 e. The van der Waals surface area contributed by atoms with Crippen LogP contribution >= 0.6 is 0 Å². The van der Waals surface area contributed by atoms with Crippen LogP contribution in [-0.2, 0) is 11.0 Å². The van der Waals surface area contributed by atoms with Crippen molar-refractivity contribution in [3.63, 3.8) is 0 Å². The Hall–Kier alpha value is -3.00. The van der Waals surface area contributed by atoms with E-state index in [-0.39, 0.29) is 5.82 Å². The van der Waals surface area contributed by atoms with E-state index in [1.807, 2.05) is 87.5 Å². The molecular weight excluding hydrogens is 405 g/mol. The van der Waals surface area contributed by atoms with Gasteiger partial charge in [-0.3, -0.25) is 0 Å². The SMILES string of the molecule is CC(C)(C)S(=O)N[C@H](/C(C#Cc1ccccc1)=C/c1ccccc1)c1ccccc1F. The second kappa shape index (κ2) is 10.3. The lowest BCUT2D eigenvalue weighted by Gasteiger charge is -2.25. The van der Waals surface area contributed by atoms with Crippen LogP contribution in [0.2, 0.25) is 0 Å². The van der Waals surface area contributed by atoms with Crippen LogP contribution in [-0.4, -0.2) is 8.96 Å². The summed E-state index contributed by atoms with van der Waals surface area (Å²) in [5, 5.41) is 0. The van der Waals surface area contributed by atoms with Crippen molar-refractivity contribution in [1.82, 2.24) is 4.72 Å². The number of nitrogens with one attached hydrogen (secondary N) is 1. The molecule has 3 aromatic rings. The third kappa shape index (κ3) is 6.49. The zero-order chi connectivity index (χ0) is 22.3. The average Bonchev–Trinajstić information content (AvgIpc) is 2.76. The Labute approximate surface area is 186 Å². The van der Waals surface area contributed by atoms with E-state index >= 15 is 0 Å². The van der Waals surface area contributed by atoms with Crippen LogP contribution < -0.4 is 4.72 Å². The third-order valence-electron chi connectivity index (χ3n) is 4.56. The highest BCUT2D eigenvalue weighted by molar-refractivity contribution is 7.84. The Morgan fingerprint density at radius 3 is 2.13 bits per heavy atom. The van der Waals surface area contributed by atoms with Crippen molar-refractivity contribution in [3.8, 4) is 11.8 Å². The minimum Gasteiger partial charge on any atom is -0.242 e. The molecule has 0 amide bonds. The molecule has 1 N–H and O–H groups in total. The largest absolute Gasteiger partial charge is 0.242 e. The third-order valence-corrected chi connectivity index (χ3v) is 6.12. The first-order valence-corrected chi connectivity index (χ1v) is 11.3. The number of halogens is 1. The van der Waals surface area contributed by atoms with Gasteiger partial charge in [-0.1, -0.05) is 78.6 Å². The van der Waals surface area contributed by atoms with Gasteiger partial charge in [-0.05, 0) is 50.6 Å². The molecule has 0 saturated heterocycles. The van der Waals surface area contributed by atoms with Crippen molar-refractivity contribution in [3.05, 3.63) is 113 Å². The summed E-state index contributed by atoms with van der Waals surface area (Å²) < 4.78 is 30.4. The lowest BCUT2D eigenvalue weighted by Crippen LogP contribution is -2.36. The molecule has 0 saturated carbocycles. The summed E-state index contributed by atoms with van der Waals surface area (Å²) in [6, 6.07) is 25.2. The minimum atomic E-state index is -1.43. The van der Waals surface area contributed by atoms with Gasteiger partial charge in [0, 0.05) is 16.7 Å². The lowest BCUT2D eigenvalue weighted by atomic mass is 9.97. The summed E-state index contributed by atoms with van der Waals surface area (Å²) >= 11 is 0. The van der Waals surface area contributed by atoms with Crippen LogP contribution in [0.1, 0.15) is 43.5 Å². The Balaban J connectivity index is 2.14. The molecule has 3 aromatic carbocycles. The van der Waals surface area contributed by atoms with E-state index in [1.165, 1.54) is 6.07 Å². The summed E-state index contributed by atoms with van der Waals surface area (Å²) in [6.45, 7) is 5.64. The van der Waals surface area contributed by atoms with Gasteiger partial charge < -0.3 is 0 Å². The molecule has 0 aliphatic rings. The van der Waals surface area contributed by atoms with Crippen LogP contribution in [0.3, 0.4) is 0 Å².